The van der Waals surface area contributed by atoms with Crippen molar-refractivity contribution in [3.63, 3.8) is 0 Å². The van der Waals surface area contributed by atoms with Gasteiger partial charge < -0.3 is 14.4 Å². The highest BCUT2D eigenvalue weighted by Gasteiger charge is 2.19. The molecule has 1 unspecified atom stereocenters. The Kier molecular flexibility index (Phi) is 4.38. The summed E-state index contributed by atoms with van der Waals surface area (Å²) in [5, 5.41) is 11.6. The van der Waals surface area contributed by atoms with Gasteiger partial charge in [0.05, 0.1) is 12.7 Å². The van der Waals surface area contributed by atoms with E-state index in [0.29, 0.717) is 11.8 Å². The summed E-state index contributed by atoms with van der Waals surface area (Å²) in [6, 6.07) is 5.91. The predicted octanol–water partition coefficient (Wildman–Crippen LogP) is 4.16. The summed E-state index contributed by atoms with van der Waals surface area (Å²) in [4.78, 5) is 0. The molecule has 2 aromatic rings. The lowest BCUT2D eigenvalue weighted by atomic mass is 10.1. The fourth-order valence-electron chi connectivity index (χ4n) is 2.42. The summed E-state index contributed by atoms with van der Waals surface area (Å²) in [7, 11) is 0. The van der Waals surface area contributed by atoms with Gasteiger partial charge in [0.15, 0.2) is 0 Å². The summed E-state index contributed by atoms with van der Waals surface area (Å²) in [5.41, 5.74) is 1.83. The van der Waals surface area contributed by atoms with Crippen LogP contribution in [0.5, 0.6) is 5.75 Å². The number of halogens is 1. The van der Waals surface area contributed by atoms with Gasteiger partial charge in [-0.25, -0.2) is 0 Å². The molecule has 1 N–H and O–H groups in total. The number of ether oxygens (including phenoxy) is 1. The number of rotatable bonds is 5. The summed E-state index contributed by atoms with van der Waals surface area (Å²) in [6.07, 6.45) is 0.403. The normalized spacial score (nSPS) is 12.9. The third-order valence-electron chi connectivity index (χ3n) is 3.18. The van der Waals surface area contributed by atoms with E-state index in [9.17, 15) is 5.11 Å². The van der Waals surface area contributed by atoms with Gasteiger partial charge >= 0.3 is 0 Å². The zero-order chi connectivity index (χ0) is 14.0. The first-order valence-electron chi connectivity index (χ1n) is 6.72. The molecule has 1 aromatic heterocycles. The molecular weight excluding hydrogens is 262 g/mol. The number of aromatic nitrogens is 1. The number of hydrogen-bond donors (Lipinski definition) is 1. The van der Waals surface area contributed by atoms with Crippen LogP contribution in [0.2, 0.25) is 5.15 Å². The largest absolute Gasteiger partial charge is 0.494 e. The smallest absolute Gasteiger partial charge is 0.120 e. The van der Waals surface area contributed by atoms with Crippen molar-refractivity contribution >= 4 is 22.5 Å². The molecule has 4 heteroatoms. The van der Waals surface area contributed by atoms with Gasteiger partial charge in [-0.3, -0.25) is 0 Å². The lowest BCUT2D eigenvalue weighted by Crippen LogP contribution is -1.97. The van der Waals surface area contributed by atoms with Gasteiger partial charge in [0.1, 0.15) is 10.9 Å². The molecule has 0 aliphatic heterocycles. The molecule has 0 aliphatic rings. The number of aryl methyl sites for hydroxylation is 1. The monoisotopic (exact) mass is 281 g/mol. The highest BCUT2D eigenvalue weighted by molar-refractivity contribution is 6.32. The third-order valence-corrected chi connectivity index (χ3v) is 3.59. The van der Waals surface area contributed by atoms with Gasteiger partial charge in [0.2, 0.25) is 0 Å². The Morgan fingerprint density at radius 3 is 2.68 bits per heavy atom. The van der Waals surface area contributed by atoms with Crippen LogP contribution in [-0.4, -0.2) is 16.3 Å². The molecule has 0 spiro atoms. The maximum atomic E-state index is 9.97. The Bertz CT molecular complexity index is 575. The first-order chi connectivity index (χ1) is 9.10. The highest BCUT2D eigenvalue weighted by atomic mass is 35.5. The zero-order valence-electron chi connectivity index (χ0n) is 11.6. The average molecular weight is 282 g/mol. The summed E-state index contributed by atoms with van der Waals surface area (Å²) in [5.74, 6) is 0.808. The van der Waals surface area contributed by atoms with E-state index in [1.165, 1.54) is 0 Å². The predicted molar refractivity (Wildman–Crippen MR) is 79.0 cm³/mol. The molecule has 0 amide bonds. The van der Waals surface area contributed by atoms with Gasteiger partial charge in [-0.2, -0.15) is 0 Å². The second-order valence-corrected chi connectivity index (χ2v) is 5.00. The van der Waals surface area contributed by atoms with Gasteiger partial charge in [-0.05, 0) is 38.5 Å². The number of hydrogen-bond acceptors (Lipinski definition) is 2. The van der Waals surface area contributed by atoms with Crippen LogP contribution in [0, 0.1) is 0 Å². The third kappa shape index (κ3) is 2.58. The molecule has 0 aliphatic carbocycles. The maximum Gasteiger partial charge on any atom is 0.120 e. The van der Waals surface area contributed by atoms with Gasteiger partial charge in [-0.15, -0.1) is 0 Å². The van der Waals surface area contributed by atoms with Crippen molar-refractivity contribution in [1.29, 1.82) is 0 Å². The van der Waals surface area contributed by atoms with Gasteiger partial charge in [0.25, 0.3) is 0 Å². The number of aliphatic hydroxyl groups is 1. The molecule has 0 fully saturated rings. The van der Waals surface area contributed by atoms with E-state index in [0.717, 1.165) is 35.2 Å². The lowest BCUT2D eigenvalue weighted by molar-refractivity contribution is 0.200. The SMILES string of the molecule is CCCn1c(Cl)c(C(C)O)c2cc(OCC)ccc21. The fraction of sp³-hybridized carbons (Fsp3) is 0.467. The molecule has 1 aromatic carbocycles. The maximum absolute atomic E-state index is 9.97. The Balaban J connectivity index is 2.67. The van der Waals surface area contributed by atoms with E-state index < -0.39 is 6.10 Å². The number of aliphatic hydroxyl groups excluding tert-OH is 1. The topological polar surface area (TPSA) is 34.4 Å². The van der Waals surface area contributed by atoms with E-state index in [-0.39, 0.29) is 0 Å². The highest BCUT2D eigenvalue weighted by Crippen LogP contribution is 2.36. The molecule has 1 heterocycles. The fourth-order valence-corrected chi connectivity index (χ4v) is 2.86. The van der Waals surface area contributed by atoms with Crippen molar-refractivity contribution in [2.24, 2.45) is 0 Å². The second kappa shape index (κ2) is 5.85. The van der Waals surface area contributed by atoms with Crippen LogP contribution in [-0.2, 0) is 6.54 Å². The van der Waals surface area contributed by atoms with Crippen molar-refractivity contribution in [1.82, 2.24) is 4.57 Å². The number of nitrogens with zero attached hydrogens (tertiary/aromatic N) is 1. The van der Waals surface area contributed by atoms with Crippen LogP contribution in [0.1, 0.15) is 38.9 Å². The Labute approximate surface area is 118 Å². The van der Waals surface area contributed by atoms with Crippen molar-refractivity contribution in [3.8, 4) is 5.75 Å². The standard InChI is InChI=1S/C15H20ClNO2/c1-4-8-17-13-7-6-11(19-5-2)9-12(13)14(10(3)18)15(17)16/h6-7,9-10,18H,4-5,8H2,1-3H3. The van der Waals surface area contributed by atoms with E-state index >= 15 is 0 Å². The number of fused-ring (bicyclic) bond motifs is 1. The van der Waals surface area contributed by atoms with Gasteiger partial charge in [0, 0.05) is 23.0 Å². The molecule has 0 radical (unpaired) electrons. The Morgan fingerprint density at radius 1 is 1.37 bits per heavy atom. The Hall–Kier alpha value is -1.19. The van der Waals surface area contributed by atoms with Gasteiger partial charge in [-0.1, -0.05) is 18.5 Å². The van der Waals surface area contributed by atoms with Crippen LogP contribution in [0.3, 0.4) is 0 Å². The molecule has 0 bridgehead atoms. The van der Waals surface area contributed by atoms with Crippen LogP contribution < -0.4 is 4.74 Å². The Morgan fingerprint density at radius 2 is 2.11 bits per heavy atom. The van der Waals surface area contributed by atoms with Crippen molar-refractivity contribution in [2.75, 3.05) is 6.61 Å². The molecule has 19 heavy (non-hydrogen) atoms. The second-order valence-electron chi connectivity index (χ2n) is 4.64. The van der Waals surface area contributed by atoms with Crippen LogP contribution in [0.15, 0.2) is 18.2 Å². The average Bonchev–Trinajstić information content (AvgIpc) is 2.63. The molecule has 104 valence electrons. The summed E-state index contributed by atoms with van der Waals surface area (Å²) in [6.45, 7) is 7.27. The van der Waals surface area contributed by atoms with E-state index in [1.54, 1.807) is 6.92 Å². The van der Waals surface area contributed by atoms with Crippen molar-refractivity contribution < 1.29 is 9.84 Å². The molecule has 0 saturated carbocycles. The zero-order valence-corrected chi connectivity index (χ0v) is 12.4. The van der Waals surface area contributed by atoms with E-state index in [2.05, 4.69) is 11.5 Å². The minimum Gasteiger partial charge on any atom is -0.494 e. The van der Waals surface area contributed by atoms with E-state index in [4.69, 9.17) is 16.3 Å². The summed E-state index contributed by atoms with van der Waals surface area (Å²) >= 11 is 6.42. The van der Waals surface area contributed by atoms with Crippen molar-refractivity contribution in [2.45, 2.75) is 39.8 Å². The minimum atomic E-state index is -0.593. The molecule has 2 rings (SSSR count). The quantitative estimate of drug-likeness (QED) is 0.893. The number of benzene rings is 1. The molecule has 1 atom stereocenters. The molecule has 3 nitrogen and oxygen atoms in total. The van der Waals surface area contributed by atoms with Crippen LogP contribution >= 0.6 is 11.6 Å². The summed E-state index contributed by atoms with van der Waals surface area (Å²) < 4.78 is 7.57. The van der Waals surface area contributed by atoms with Crippen LogP contribution in [0.25, 0.3) is 10.9 Å². The molecule has 0 saturated heterocycles. The van der Waals surface area contributed by atoms with E-state index in [1.807, 2.05) is 25.1 Å². The van der Waals surface area contributed by atoms with Crippen LogP contribution in [0.4, 0.5) is 0 Å². The lowest BCUT2D eigenvalue weighted by Gasteiger charge is -2.06. The molecular formula is C15H20ClNO2. The minimum absolute atomic E-state index is 0.593. The first-order valence-corrected chi connectivity index (χ1v) is 7.10. The van der Waals surface area contributed by atoms with Crippen molar-refractivity contribution in [3.05, 3.63) is 28.9 Å². The first kappa shape index (κ1) is 14.2.